The van der Waals surface area contributed by atoms with E-state index in [1.165, 1.54) is 11.3 Å². The second-order valence-electron chi connectivity index (χ2n) is 5.77. The van der Waals surface area contributed by atoms with Crippen LogP contribution in [-0.4, -0.2) is 41.7 Å². The maximum atomic E-state index is 12.5. The van der Waals surface area contributed by atoms with Crippen molar-refractivity contribution in [3.8, 4) is 0 Å². The van der Waals surface area contributed by atoms with Crippen molar-refractivity contribution in [2.45, 2.75) is 38.5 Å². The van der Waals surface area contributed by atoms with Crippen molar-refractivity contribution in [2.75, 3.05) is 24.5 Å². The Morgan fingerprint density at radius 3 is 2.45 bits per heavy atom. The third-order valence-corrected chi connectivity index (χ3v) is 4.20. The van der Waals surface area contributed by atoms with Gasteiger partial charge < -0.3 is 9.80 Å². The first-order valence-electron chi connectivity index (χ1n) is 7.79. The maximum absolute atomic E-state index is 12.5. The van der Waals surface area contributed by atoms with E-state index in [2.05, 4.69) is 0 Å². The van der Waals surface area contributed by atoms with Crippen LogP contribution in [0.15, 0.2) is 24.3 Å². The molecule has 0 saturated carbocycles. The molecule has 0 radical (unpaired) electrons. The Hall–Kier alpha value is -1.55. The molecule has 1 aliphatic heterocycles. The van der Waals surface area contributed by atoms with E-state index in [-0.39, 0.29) is 18.4 Å². The summed E-state index contributed by atoms with van der Waals surface area (Å²) in [7, 11) is 0. The third kappa shape index (κ3) is 4.01. The number of halogens is 1. The van der Waals surface area contributed by atoms with Crippen LogP contribution in [0.5, 0.6) is 0 Å². The number of carbonyl (C=O) groups is 2. The summed E-state index contributed by atoms with van der Waals surface area (Å²) in [6.07, 6.45) is 3.24. The van der Waals surface area contributed by atoms with Crippen molar-refractivity contribution >= 4 is 29.1 Å². The summed E-state index contributed by atoms with van der Waals surface area (Å²) in [5, 5.41) is -0.659. The quantitative estimate of drug-likeness (QED) is 0.800. The molecule has 1 fully saturated rings. The Morgan fingerprint density at radius 2 is 1.86 bits per heavy atom. The van der Waals surface area contributed by atoms with Gasteiger partial charge in [0.1, 0.15) is 11.9 Å². The van der Waals surface area contributed by atoms with Gasteiger partial charge in [0.2, 0.25) is 11.8 Å². The maximum Gasteiger partial charge on any atom is 0.245 e. The smallest absolute Gasteiger partial charge is 0.245 e. The number of hydrogen-bond donors (Lipinski definition) is 0. The first-order chi connectivity index (χ1) is 10.5. The first kappa shape index (κ1) is 16.8. The Morgan fingerprint density at radius 1 is 1.23 bits per heavy atom. The van der Waals surface area contributed by atoms with Gasteiger partial charge in [-0.05, 0) is 44.7 Å². The zero-order chi connectivity index (χ0) is 16.1. The number of carbonyl (C=O) groups excluding carboxylic acids is 2. The van der Waals surface area contributed by atoms with Gasteiger partial charge in [0.15, 0.2) is 0 Å². The van der Waals surface area contributed by atoms with Gasteiger partial charge in [0.05, 0.1) is 0 Å². The van der Waals surface area contributed by atoms with E-state index in [0.29, 0.717) is 0 Å². The number of hydrogen-bond acceptors (Lipinski definition) is 2. The number of piperidine rings is 1. The number of alkyl halides is 1. The largest absolute Gasteiger partial charge is 0.341 e. The molecule has 5 heteroatoms. The van der Waals surface area contributed by atoms with E-state index in [1.54, 1.807) is 6.92 Å². The zero-order valence-electron chi connectivity index (χ0n) is 13.2. The number of para-hydroxylation sites is 1. The lowest BCUT2D eigenvalue weighted by molar-refractivity contribution is -0.132. The highest BCUT2D eigenvalue weighted by Gasteiger charge is 2.26. The van der Waals surface area contributed by atoms with E-state index in [9.17, 15) is 9.59 Å². The molecule has 2 rings (SSSR count). The molecule has 1 saturated heterocycles. The van der Waals surface area contributed by atoms with Crippen LogP contribution in [0.1, 0.15) is 31.7 Å². The molecule has 2 amide bonds. The van der Waals surface area contributed by atoms with Crippen LogP contribution in [0.2, 0.25) is 0 Å². The van der Waals surface area contributed by atoms with Gasteiger partial charge >= 0.3 is 0 Å². The van der Waals surface area contributed by atoms with Crippen molar-refractivity contribution < 1.29 is 9.59 Å². The summed E-state index contributed by atoms with van der Waals surface area (Å²) >= 11 is 5.98. The lowest BCUT2D eigenvalue weighted by atomic mass is 10.1. The Labute approximate surface area is 137 Å². The SMILES string of the molecule is Cc1ccccc1N(CC(=O)N1CCCCC1)C(=O)C(C)Cl. The second-order valence-corrected chi connectivity index (χ2v) is 6.42. The predicted octanol–water partition coefficient (Wildman–Crippen LogP) is 2.97. The standard InChI is InChI=1S/C17H23ClN2O2/c1-13-8-4-5-9-15(13)20(17(22)14(2)18)12-16(21)19-10-6-3-7-11-19/h4-5,8-9,14H,3,6-7,10-12H2,1-2H3. The number of rotatable bonds is 4. The number of amides is 2. The molecular weight excluding hydrogens is 300 g/mol. The minimum absolute atomic E-state index is 0.00591. The highest BCUT2D eigenvalue weighted by molar-refractivity contribution is 6.32. The van der Waals surface area contributed by atoms with Crippen molar-refractivity contribution in [1.29, 1.82) is 0 Å². The molecule has 4 nitrogen and oxygen atoms in total. The van der Waals surface area contributed by atoms with Crippen LogP contribution < -0.4 is 4.90 Å². The topological polar surface area (TPSA) is 40.6 Å². The highest BCUT2D eigenvalue weighted by atomic mass is 35.5. The van der Waals surface area contributed by atoms with E-state index < -0.39 is 5.38 Å². The fraction of sp³-hybridized carbons (Fsp3) is 0.529. The van der Waals surface area contributed by atoms with Crippen molar-refractivity contribution in [1.82, 2.24) is 4.90 Å². The van der Waals surface area contributed by atoms with Gasteiger partial charge in [0, 0.05) is 18.8 Å². The molecule has 1 atom stereocenters. The lowest BCUT2D eigenvalue weighted by Crippen LogP contribution is -2.46. The second kappa shape index (κ2) is 7.63. The van der Waals surface area contributed by atoms with E-state index in [4.69, 9.17) is 11.6 Å². The molecule has 1 aliphatic rings. The molecule has 120 valence electrons. The van der Waals surface area contributed by atoms with Crippen molar-refractivity contribution in [3.63, 3.8) is 0 Å². The summed E-state index contributed by atoms with van der Waals surface area (Å²) in [6.45, 7) is 5.19. The molecule has 1 heterocycles. The lowest BCUT2D eigenvalue weighted by Gasteiger charge is -2.31. The van der Waals surface area contributed by atoms with Gasteiger partial charge in [-0.15, -0.1) is 11.6 Å². The molecule has 1 unspecified atom stereocenters. The number of aryl methyl sites for hydroxylation is 1. The molecular formula is C17H23ClN2O2. The Kier molecular flexibility index (Phi) is 5.83. The number of benzene rings is 1. The highest BCUT2D eigenvalue weighted by Crippen LogP contribution is 2.22. The van der Waals surface area contributed by atoms with E-state index in [1.807, 2.05) is 36.1 Å². The summed E-state index contributed by atoms with van der Waals surface area (Å²) in [5.41, 5.74) is 1.71. The fourth-order valence-corrected chi connectivity index (χ4v) is 2.86. The van der Waals surface area contributed by atoms with Gasteiger partial charge in [0.25, 0.3) is 0 Å². The third-order valence-electron chi connectivity index (χ3n) is 4.01. The normalized spacial score (nSPS) is 16.2. The molecule has 1 aromatic carbocycles. The first-order valence-corrected chi connectivity index (χ1v) is 8.23. The van der Waals surface area contributed by atoms with Crippen molar-refractivity contribution in [2.24, 2.45) is 0 Å². The molecule has 0 aliphatic carbocycles. The summed E-state index contributed by atoms with van der Waals surface area (Å²) in [6, 6.07) is 7.57. The van der Waals surface area contributed by atoms with E-state index >= 15 is 0 Å². The number of anilines is 1. The van der Waals surface area contributed by atoms with Gasteiger partial charge in [-0.2, -0.15) is 0 Å². The molecule has 0 aromatic heterocycles. The predicted molar refractivity (Wildman–Crippen MR) is 89.3 cm³/mol. The molecule has 0 spiro atoms. The van der Waals surface area contributed by atoms with E-state index in [0.717, 1.165) is 37.2 Å². The van der Waals surface area contributed by atoms with Gasteiger partial charge in [-0.3, -0.25) is 9.59 Å². The Bertz CT molecular complexity index is 539. The number of likely N-dealkylation sites (tertiary alicyclic amines) is 1. The van der Waals surface area contributed by atoms with Crippen LogP contribution in [-0.2, 0) is 9.59 Å². The average molecular weight is 323 g/mol. The summed E-state index contributed by atoms with van der Waals surface area (Å²) in [5.74, 6) is -0.241. The summed E-state index contributed by atoms with van der Waals surface area (Å²) in [4.78, 5) is 28.3. The molecule has 0 bridgehead atoms. The monoisotopic (exact) mass is 322 g/mol. The molecule has 1 aromatic rings. The van der Waals surface area contributed by atoms with Crippen LogP contribution in [0.4, 0.5) is 5.69 Å². The van der Waals surface area contributed by atoms with Gasteiger partial charge in [-0.1, -0.05) is 18.2 Å². The van der Waals surface area contributed by atoms with Crippen LogP contribution in [0.3, 0.4) is 0 Å². The van der Waals surface area contributed by atoms with Gasteiger partial charge in [-0.25, -0.2) is 0 Å². The van der Waals surface area contributed by atoms with Crippen LogP contribution >= 0.6 is 11.6 Å². The Balaban J connectivity index is 2.20. The average Bonchev–Trinajstić information content (AvgIpc) is 2.53. The summed E-state index contributed by atoms with van der Waals surface area (Å²) < 4.78 is 0. The molecule has 22 heavy (non-hydrogen) atoms. The van der Waals surface area contributed by atoms with Crippen LogP contribution in [0.25, 0.3) is 0 Å². The van der Waals surface area contributed by atoms with Crippen molar-refractivity contribution in [3.05, 3.63) is 29.8 Å². The minimum Gasteiger partial charge on any atom is -0.341 e. The minimum atomic E-state index is -0.659. The fourth-order valence-electron chi connectivity index (χ4n) is 2.74. The zero-order valence-corrected chi connectivity index (χ0v) is 14.0. The number of nitrogens with zero attached hydrogens (tertiary/aromatic N) is 2. The van der Waals surface area contributed by atoms with Crippen LogP contribution in [0, 0.1) is 6.92 Å². The molecule has 0 N–H and O–H groups in total.